The van der Waals surface area contributed by atoms with Crippen molar-refractivity contribution in [2.75, 3.05) is 0 Å². The van der Waals surface area contributed by atoms with Crippen LogP contribution in [-0.2, 0) is 11.0 Å². The van der Waals surface area contributed by atoms with Crippen LogP contribution in [0.2, 0.25) is 0 Å². The van der Waals surface area contributed by atoms with Crippen LogP contribution in [0, 0.1) is 11.6 Å². The Morgan fingerprint density at radius 3 is 2.53 bits per heavy atom. The molecule has 0 aliphatic heterocycles. The van der Waals surface area contributed by atoms with Crippen LogP contribution in [0.1, 0.15) is 38.7 Å². The monoisotopic (exact) mass is 261 g/mol. The molecule has 1 rings (SSSR count). The van der Waals surface area contributed by atoms with Crippen LogP contribution in [0.15, 0.2) is 18.2 Å². The standard InChI is InChI=1S/C12H17F2NOS/c1-8(7-12(2,3)17(15)16)9-5-4-6-10(13)11(9)14/h4-6,8H,7,15H2,1-3H3/t8-,17?/m1/s1. The first-order valence-electron chi connectivity index (χ1n) is 5.36. The van der Waals surface area contributed by atoms with Gasteiger partial charge in [0, 0.05) is 0 Å². The number of halogens is 2. The molecule has 0 heterocycles. The van der Waals surface area contributed by atoms with Gasteiger partial charge in [0.2, 0.25) is 0 Å². The van der Waals surface area contributed by atoms with Crippen molar-refractivity contribution in [3.63, 3.8) is 0 Å². The van der Waals surface area contributed by atoms with Crippen LogP contribution in [0.25, 0.3) is 0 Å². The summed E-state index contributed by atoms with van der Waals surface area (Å²) in [7, 11) is -1.50. The minimum atomic E-state index is -1.50. The second-order valence-corrected chi connectivity index (χ2v) is 6.51. The van der Waals surface area contributed by atoms with Gasteiger partial charge in [0.15, 0.2) is 11.6 Å². The maximum atomic E-state index is 13.5. The smallest absolute Gasteiger partial charge is 0.162 e. The zero-order valence-corrected chi connectivity index (χ0v) is 11.0. The Kier molecular flexibility index (Phi) is 4.38. The van der Waals surface area contributed by atoms with Gasteiger partial charge in [-0.1, -0.05) is 19.1 Å². The molecule has 0 amide bonds. The van der Waals surface area contributed by atoms with E-state index < -0.39 is 27.4 Å². The fraction of sp³-hybridized carbons (Fsp3) is 0.500. The molecule has 96 valence electrons. The molecule has 2 atom stereocenters. The van der Waals surface area contributed by atoms with E-state index in [9.17, 15) is 13.0 Å². The molecule has 1 unspecified atom stereocenters. The average Bonchev–Trinajstić information content (AvgIpc) is 2.21. The topological polar surface area (TPSA) is 43.1 Å². The zero-order valence-electron chi connectivity index (χ0n) is 10.2. The Hall–Kier alpha value is -0.810. The van der Waals surface area contributed by atoms with Crippen molar-refractivity contribution in [3.05, 3.63) is 35.4 Å². The van der Waals surface area contributed by atoms with E-state index >= 15 is 0 Å². The van der Waals surface area contributed by atoms with Gasteiger partial charge in [-0.25, -0.2) is 13.0 Å². The minimum Gasteiger partial charge on any atom is -0.251 e. The number of benzene rings is 1. The highest BCUT2D eigenvalue weighted by atomic mass is 32.2. The van der Waals surface area contributed by atoms with Gasteiger partial charge in [-0.2, -0.15) is 0 Å². The lowest BCUT2D eigenvalue weighted by atomic mass is 9.91. The first kappa shape index (κ1) is 14.3. The lowest BCUT2D eigenvalue weighted by Gasteiger charge is -2.25. The maximum Gasteiger partial charge on any atom is 0.162 e. The predicted octanol–water partition coefficient (Wildman–Crippen LogP) is 2.86. The van der Waals surface area contributed by atoms with E-state index in [2.05, 4.69) is 0 Å². The molecule has 0 radical (unpaired) electrons. The number of hydrogen-bond acceptors (Lipinski definition) is 1. The van der Waals surface area contributed by atoms with Crippen LogP contribution in [0.5, 0.6) is 0 Å². The molecular formula is C12H17F2NOS. The molecule has 0 aliphatic rings. The summed E-state index contributed by atoms with van der Waals surface area (Å²) < 4.78 is 37.3. The van der Waals surface area contributed by atoms with Crippen molar-refractivity contribution in [1.29, 1.82) is 0 Å². The van der Waals surface area contributed by atoms with E-state index in [1.807, 2.05) is 0 Å². The molecule has 0 saturated heterocycles. The first-order valence-corrected chi connectivity index (χ1v) is 6.57. The highest BCUT2D eigenvalue weighted by Crippen LogP contribution is 2.30. The summed E-state index contributed by atoms with van der Waals surface area (Å²) in [6.07, 6.45) is 0.427. The van der Waals surface area contributed by atoms with Crippen molar-refractivity contribution in [2.24, 2.45) is 5.14 Å². The molecular weight excluding hydrogens is 244 g/mol. The van der Waals surface area contributed by atoms with Crippen molar-refractivity contribution in [1.82, 2.24) is 0 Å². The summed E-state index contributed by atoms with van der Waals surface area (Å²) >= 11 is 0. The van der Waals surface area contributed by atoms with Gasteiger partial charge in [0.1, 0.15) is 0 Å². The molecule has 1 aromatic carbocycles. The molecule has 0 bridgehead atoms. The molecule has 2 nitrogen and oxygen atoms in total. The third kappa shape index (κ3) is 3.33. The van der Waals surface area contributed by atoms with Gasteiger partial charge < -0.3 is 0 Å². The molecule has 0 spiro atoms. The third-order valence-corrected chi connectivity index (χ3v) is 4.11. The highest BCUT2D eigenvalue weighted by Gasteiger charge is 2.28. The molecule has 1 aromatic rings. The first-order chi connectivity index (χ1) is 7.75. The largest absolute Gasteiger partial charge is 0.251 e. The molecule has 0 aliphatic carbocycles. The molecule has 0 fully saturated rings. The quantitative estimate of drug-likeness (QED) is 0.889. The van der Waals surface area contributed by atoms with Crippen LogP contribution in [0.4, 0.5) is 8.78 Å². The predicted molar refractivity (Wildman–Crippen MR) is 65.8 cm³/mol. The molecule has 0 saturated carbocycles. The van der Waals surface area contributed by atoms with Gasteiger partial charge >= 0.3 is 0 Å². The molecule has 5 heteroatoms. The Morgan fingerprint density at radius 2 is 2.00 bits per heavy atom. The van der Waals surface area contributed by atoms with E-state index in [0.29, 0.717) is 12.0 Å². The lowest BCUT2D eigenvalue weighted by Crippen LogP contribution is -2.33. The lowest BCUT2D eigenvalue weighted by molar-refractivity contribution is 0.473. The van der Waals surface area contributed by atoms with Gasteiger partial charge in [-0.05, 0) is 37.8 Å². The van der Waals surface area contributed by atoms with Crippen LogP contribution in [0.3, 0.4) is 0 Å². The Bertz CT molecular complexity index is 435. The number of nitrogens with two attached hydrogens (primary N) is 1. The second kappa shape index (κ2) is 5.23. The fourth-order valence-electron chi connectivity index (χ4n) is 1.83. The van der Waals surface area contributed by atoms with E-state index in [1.54, 1.807) is 26.8 Å². The van der Waals surface area contributed by atoms with E-state index in [1.165, 1.54) is 6.07 Å². The summed E-state index contributed by atoms with van der Waals surface area (Å²) in [5.74, 6) is -1.94. The SMILES string of the molecule is C[C@H](CC(C)(C)S(N)=O)c1cccc(F)c1F. The highest BCUT2D eigenvalue weighted by molar-refractivity contribution is 7.84. The average molecular weight is 261 g/mol. The van der Waals surface area contributed by atoms with Crippen molar-refractivity contribution >= 4 is 11.0 Å². The van der Waals surface area contributed by atoms with Crippen LogP contribution < -0.4 is 5.14 Å². The number of rotatable bonds is 4. The maximum absolute atomic E-state index is 13.5. The summed E-state index contributed by atoms with van der Waals surface area (Å²) in [4.78, 5) is 0. The second-order valence-electron chi connectivity index (χ2n) is 4.81. The van der Waals surface area contributed by atoms with Crippen molar-refractivity contribution < 1.29 is 13.0 Å². The van der Waals surface area contributed by atoms with Crippen LogP contribution in [-0.4, -0.2) is 8.96 Å². The Labute approximate surface area is 103 Å². The third-order valence-electron chi connectivity index (χ3n) is 2.85. The van der Waals surface area contributed by atoms with E-state index in [-0.39, 0.29) is 5.92 Å². The Morgan fingerprint density at radius 1 is 1.41 bits per heavy atom. The van der Waals surface area contributed by atoms with E-state index in [0.717, 1.165) is 6.07 Å². The molecule has 2 N–H and O–H groups in total. The van der Waals surface area contributed by atoms with Gasteiger partial charge in [0.25, 0.3) is 0 Å². The van der Waals surface area contributed by atoms with Gasteiger partial charge in [-0.15, -0.1) is 0 Å². The summed E-state index contributed by atoms with van der Waals surface area (Å²) in [6, 6.07) is 4.09. The normalized spacial score (nSPS) is 15.6. The zero-order chi connectivity index (χ0) is 13.2. The summed E-state index contributed by atoms with van der Waals surface area (Å²) in [5.41, 5.74) is 0.295. The molecule has 0 aromatic heterocycles. The number of hydrogen-bond donors (Lipinski definition) is 1. The van der Waals surface area contributed by atoms with Crippen LogP contribution >= 0.6 is 0 Å². The van der Waals surface area contributed by atoms with Gasteiger partial charge in [-0.3, -0.25) is 5.14 Å². The Balaban J connectivity index is 2.94. The molecule has 17 heavy (non-hydrogen) atoms. The van der Waals surface area contributed by atoms with Crippen molar-refractivity contribution in [3.8, 4) is 0 Å². The van der Waals surface area contributed by atoms with E-state index in [4.69, 9.17) is 5.14 Å². The minimum absolute atomic E-state index is 0.242. The summed E-state index contributed by atoms with van der Waals surface area (Å²) in [5, 5.41) is 5.37. The van der Waals surface area contributed by atoms with Gasteiger partial charge in [0.05, 0.1) is 15.7 Å². The van der Waals surface area contributed by atoms with Crippen molar-refractivity contribution in [2.45, 2.75) is 37.9 Å². The summed E-state index contributed by atoms with van der Waals surface area (Å²) in [6.45, 7) is 5.26. The fourth-order valence-corrected chi connectivity index (χ4v) is 2.24.